The number of guanidine groups is 1. The minimum absolute atomic E-state index is 0. The highest BCUT2D eigenvalue weighted by molar-refractivity contribution is 14.0. The van der Waals surface area contributed by atoms with E-state index in [1.54, 1.807) is 0 Å². The monoisotopic (exact) mass is 499 g/mol. The summed E-state index contributed by atoms with van der Waals surface area (Å²) in [6, 6.07) is 11.3. The van der Waals surface area contributed by atoms with E-state index in [1.807, 2.05) is 0 Å². The van der Waals surface area contributed by atoms with Gasteiger partial charge in [0.1, 0.15) is 0 Å². The van der Waals surface area contributed by atoms with Gasteiger partial charge in [-0.15, -0.1) is 24.0 Å². The van der Waals surface area contributed by atoms with Crippen molar-refractivity contribution in [1.29, 1.82) is 0 Å². The van der Waals surface area contributed by atoms with E-state index in [9.17, 15) is 0 Å². The molecule has 6 heteroatoms. The Bertz CT molecular complexity index is 566. The Hall–Kier alpha value is -0.860. The van der Waals surface area contributed by atoms with Crippen LogP contribution in [0.2, 0.25) is 0 Å². The lowest BCUT2D eigenvalue weighted by Crippen LogP contribution is -2.42. The van der Waals surface area contributed by atoms with Crippen molar-refractivity contribution in [2.75, 3.05) is 52.9 Å². The molecule has 0 aromatic heterocycles. The van der Waals surface area contributed by atoms with Gasteiger partial charge in [-0.3, -0.25) is 9.89 Å². The van der Waals surface area contributed by atoms with Crippen molar-refractivity contribution in [1.82, 2.24) is 20.4 Å². The van der Waals surface area contributed by atoms with Crippen LogP contribution < -0.4 is 10.6 Å². The molecule has 2 N–H and O–H groups in total. The standard InChI is InChI=1S/C22H37N5.HI/c1-3-23-22(24-17-19-11-15-26(2)16-12-19)25-18-21(27-13-7-8-14-27)20-9-5-4-6-10-20;/h4-6,9-10,19,21H,3,7-8,11-18H2,1-2H3,(H2,23,24,25);1H. The van der Waals surface area contributed by atoms with Gasteiger partial charge < -0.3 is 15.5 Å². The maximum Gasteiger partial charge on any atom is 0.191 e. The normalized spacial score (nSPS) is 20.6. The largest absolute Gasteiger partial charge is 0.357 e. The topological polar surface area (TPSA) is 42.9 Å². The van der Waals surface area contributed by atoms with E-state index < -0.39 is 0 Å². The van der Waals surface area contributed by atoms with E-state index >= 15 is 0 Å². The molecule has 2 saturated heterocycles. The average Bonchev–Trinajstić information content (AvgIpc) is 3.23. The van der Waals surface area contributed by atoms with E-state index in [4.69, 9.17) is 4.99 Å². The first kappa shape index (κ1) is 23.4. The van der Waals surface area contributed by atoms with Crippen LogP contribution in [0.5, 0.6) is 0 Å². The zero-order chi connectivity index (χ0) is 18.9. The molecule has 1 atom stereocenters. The number of aliphatic imine (C=N–C) groups is 1. The molecule has 5 nitrogen and oxygen atoms in total. The van der Waals surface area contributed by atoms with Crippen LogP contribution >= 0.6 is 24.0 Å². The third-order valence-electron chi connectivity index (χ3n) is 5.93. The summed E-state index contributed by atoms with van der Waals surface area (Å²) in [5.74, 6) is 1.73. The minimum atomic E-state index is 0. The number of hydrogen-bond acceptors (Lipinski definition) is 3. The predicted molar refractivity (Wildman–Crippen MR) is 130 cm³/mol. The Morgan fingerprint density at radius 2 is 1.75 bits per heavy atom. The van der Waals surface area contributed by atoms with Crippen LogP contribution in [-0.2, 0) is 0 Å². The molecule has 28 heavy (non-hydrogen) atoms. The lowest BCUT2D eigenvalue weighted by molar-refractivity contribution is 0.220. The lowest BCUT2D eigenvalue weighted by atomic mass is 9.97. The van der Waals surface area contributed by atoms with E-state index in [1.165, 1.54) is 57.4 Å². The van der Waals surface area contributed by atoms with Crippen LogP contribution in [0.3, 0.4) is 0 Å². The number of benzene rings is 1. The summed E-state index contributed by atoms with van der Waals surface area (Å²) in [6.45, 7) is 9.69. The van der Waals surface area contributed by atoms with Crippen molar-refractivity contribution in [2.24, 2.45) is 10.9 Å². The molecule has 0 spiro atoms. The molecule has 2 aliphatic heterocycles. The van der Waals surface area contributed by atoms with Crippen molar-refractivity contribution < 1.29 is 0 Å². The molecular weight excluding hydrogens is 461 g/mol. The molecule has 2 aliphatic rings. The number of piperidine rings is 1. The van der Waals surface area contributed by atoms with Crippen LogP contribution in [0.4, 0.5) is 0 Å². The second-order valence-corrected chi connectivity index (χ2v) is 8.02. The van der Waals surface area contributed by atoms with Gasteiger partial charge in [-0.25, -0.2) is 0 Å². The molecular formula is C22H38IN5. The molecule has 0 amide bonds. The molecule has 0 bridgehead atoms. The first-order valence-corrected chi connectivity index (χ1v) is 10.8. The Balaban J connectivity index is 0.00000280. The molecule has 2 fully saturated rings. The number of rotatable bonds is 7. The van der Waals surface area contributed by atoms with Crippen molar-refractivity contribution >= 4 is 29.9 Å². The summed E-state index contributed by atoms with van der Waals surface area (Å²) < 4.78 is 0. The third-order valence-corrected chi connectivity index (χ3v) is 5.93. The van der Waals surface area contributed by atoms with Crippen molar-refractivity contribution in [2.45, 2.75) is 38.6 Å². The zero-order valence-corrected chi connectivity index (χ0v) is 19.9. The maximum absolute atomic E-state index is 4.98. The first-order valence-electron chi connectivity index (χ1n) is 10.8. The van der Waals surface area contributed by atoms with Gasteiger partial charge in [0.05, 0.1) is 12.6 Å². The number of hydrogen-bond donors (Lipinski definition) is 2. The molecule has 3 rings (SSSR count). The van der Waals surface area contributed by atoms with Gasteiger partial charge in [-0.1, -0.05) is 30.3 Å². The first-order chi connectivity index (χ1) is 13.3. The van der Waals surface area contributed by atoms with Crippen LogP contribution in [0.1, 0.15) is 44.2 Å². The highest BCUT2D eigenvalue weighted by atomic mass is 127. The molecule has 2 heterocycles. The Morgan fingerprint density at radius 1 is 1.07 bits per heavy atom. The van der Waals surface area contributed by atoms with Gasteiger partial charge in [0, 0.05) is 13.1 Å². The Morgan fingerprint density at radius 3 is 2.39 bits per heavy atom. The highest BCUT2D eigenvalue weighted by Gasteiger charge is 2.23. The van der Waals surface area contributed by atoms with Gasteiger partial charge in [0.15, 0.2) is 5.96 Å². The minimum Gasteiger partial charge on any atom is -0.357 e. The zero-order valence-electron chi connectivity index (χ0n) is 17.6. The fourth-order valence-corrected chi connectivity index (χ4v) is 4.19. The third kappa shape index (κ3) is 7.19. The molecule has 0 radical (unpaired) electrons. The number of nitrogens with one attached hydrogen (secondary N) is 2. The Kier molecular flexibility index (Phi) is 10.6. The number of likely N-dealkylation sites (tertiary alicyclic amines) is 2. The summed E-state index contributed by atoms with van der Waals surface area (Å²) in [6.07, 6.45) is 5.18. The maximum atomic E-state index is 4.98. The molecule has 1 aromatic rings. The van der Waals surface area contributed by atoms with Crippen LogP contribution in [0, 0.1) is 5.92 Å². The quantitative estimate of drug-likeness (QED) is 0.343. The second-order valence-electron chi connectivity index (χ2n) is 8.02. The van der Waals surface area contributed by atoms with Gasteiger partial charge >= 0.3 is 0 Å². The summed E-state index contributed by atoms with van der Waals surface area (Å²) in [5.41, 5.74) is 1.38. The summed E-state index contributed by atoms with van der Waals surface area (Å²) in [5, 5.41) is 7.04. The molecule has 1 aromatic carbocycles. The van der Waals surface area contributed by atoms with Gasteiger partial charge in [0.2, 0.25) is 0 Å². The summed E-state index contributed by atoms with van der Waals surface area (Å²) in [7, 11) is 2.22. The molecule has 0 aliphatic carbocycles. The van der Waals surface area contributed by atoms with E-state index in [0.29, 0.717) is 6.04 Å². The van der Waals surface area contributed by atoms with Crippen molar-refractivity contribution in [3.8, 4) is 0 Å². The summed E-state index contributed by atoms with van der Waals surface area (Å²) >= 11 is 0. The SMILES string of the molecule is CCNC(=NCC(c1ccccc1)N1CCCC1)NCC1CCN(C)CC1.I. The van der Waals surface area contributed by atoms with E-state index in [2.05, 4.69) is 64.7 Å². The fraction of sp³-hybridized carbons (Fsp3) is 0.682. The molecule has 158 valence electrons. The number of nitrogens with zero attached hydrogens (tertiary/aromatic N) is 3. The van der Waals surface area contributed by atoms with Crippen molar-refractivity contribution in [3.05, 3.63) is 35.9 Å². The van der Waals surface area contributed by atoms with E-state index in [-0.39, 0.29) is 24.0 Å². The van der Waals surface area contributed by atoms with Crippen LogP contribution in [0.25, 0.3) is 0 Å². The second kappa shape index (κ2) is 12.6. The molecule has 0 saturated carbocycles. The average molecular weight is 499 g/mol. The van der Waals surface area contributed by atoms with Gasteiger partial charge in [0.25, 0.3) is 0 Å². The van der Waals surface area contributed by atoms with Crippen LogP contribution in [0.15, 0.2) is 35.3 Å². The lowest BCUT2D eigenvalue weighted by Gasteiger charge is -2.29. The van der Waals surface area contributed by atoms with Gasteiger partial charge in [-0.2, -0.15) is 0 Å². The predicted octanol–water partition coefficient (Wildman–Crippen LogP) is 3.34. The number of halogens is 1. The highest BCUT2D eigenvalue weighted by Crippen LogP contribution is 2.25. The van der Waals surface area contributed by atoms with Crippen LogP contribution in [-0.4, -0.2) is 68.6 Å². The van der Waals surface area contributed by atoms with Crippen molar-refractivity contribution in [3.63, 3.8) is 0 Å². The smallest absolute Gasteiger partial charge is 0.191 e. The van der Waals surface area contributed by atoms with Gasteiger partial charge in [-0.05, 0) is 77.3 Å². The summed E-state index contributed by atoms with van der Waals surface area (Å²) in [4.78, 5) is 10.00. The van der Waals surface area contributed by atoms with E-state index in [0.717, 1.165) is 31.5 Å². The Labute approximate surface area is 188 Å². The molecule has 1 unspecified atom stereocenters. The fourth-order valence-electron chi connectivity index (χ4n) is 4.19.